The van der Waals surface area contributed by atoms with Crippen molar-refractivity contribution in [3.05, 3.63) is 52.6 Å². The molecule has 2 aromatic rings. The van der Waals surface area contributed by atoms with Crippen molar-refractivity contribution < 1.29 is 19.1 Å². The fraction of sp³-hybridized carbons (Fsp3) is 0.634. The Morgan fingerprint density at radius 1 is 0.911 bits per heavy atom. The van der Waals surface area contributed by atoms with Gasteiger partial charge in [0.25, 0.3) is 0 Å². The molecule has 4 heteroatoms. The Balaban J connectivity index is 1.69. The minimum atomic E-state index is -0.157. The zero-order valence-corrected chi connectivity index (χ0v) is 29.2. The Morgan fingerprint density at radius 2 is 1.64 bits per heavy atom. The van der Waals surface area contributed by atoms with Gasteiger partial charge in [-0.1, -0.05) is 84.4 Å². The van der Waals surface area contributed by atoms with Crippen molar-refractivity contribution in [2.75, 3.05) is 7.11 Å². The number of methoxy groups -OCH3 is 1. The average molecular weight is 615 g/mol. The Hall–Kier alpha value is -2.75. The van der Waals surface area contributed by atoms with Gasteiger partial charge in [-0.15, -0.1) is 0 Å². The van der Waals surface area contributed by atoms with Gasteiger partial charge in [-0.05, 0) is 110 Å². The van der Waals surface area contributed by atoms with Crippen LogP contribution in [0.15, 0.2) is 30.3 Å². The van der Waals surface area contributed by atoms with E-state index in [9.17, 15) is 14.4 Å². The fourth-order valence-electron chi connectivity index (χ4n) is 8.91. The van der Waals surface area contributed by atoms with Crippen molar-refractivity contribution in [2.45, 2.75) is 125 Å². The highest BCUT2D eigenvalue weighted by Crippen LogP contribution is 2.44. The lowest BCUT2D eigenvalue weighted by Crippen LogP contribution is -2.35. The molecule has 0 aromatic heterocycles. The third kappa shape index (κ3) is 8.54. The second kappa shape index (κ2) is 16.2. The van der Waals surface area contributed by atoms with E-state index in [0.717, 1.165) is 71.6 Å². The Labute approximate surface area is 273 Å². The van der Waals surface area contributed by atoms with Gasteiger partial charge in [-0.3, -0.25) is 14.4 Å². The number of carbonyl (C=O) groups is 3. The van der Waals surface area contributed by atoms with Crippen LogP contribution in [0.2, 0.25) is 0 Å². The van der Waals surface area contributed by atoms with E-state index in [0.29, 0.717) is 18.3 Å². The van der Waals surface area contributed by atoms with Gasteiger partial charge >= 0.3 is 0 Å². The minimum Gasteiger partial charge on any atom is -0.496 e. The van der Waals surface area contributed by atoms with E-state index in [1.54, 1.807) is 7.11 Å². The van der Waals surface area contributed by atoms with Crippen LogP contribution in [0.4, 0.5) is 0 Å². The molecule has 4 nitrogen and oxygen atoms in total. The molecule has 45 heavy (non-hydrogen) atoms. The van der Waals surface area contributed by atoms with Gasteiger partial charge in [0.1, 0.15) is 17.3 Å². The first-order valence-electron chi connectivity index (χ1n) is 17.9. The smallest absolute Gasteiger partial charge is 0.163 e. The number of Topliss-reactive ketones (excluding diaryl/α,β-unsaturated/α-hetero) is 3. The normalized spacial score (nSPS) is 19.2. The van der Waals surface area contributed by atoms with Crippen LogP contribution in [0.5, 0.6) is 5.75 Å². The van der Waals surface area contributed by atoms with Gasteiger partial charge in [0.15, 0.2) is 5.78 Å². The summed E-state index contributed by atoms with van der Waals surface area (Å²) in [5.41, 5.74) is 6.58. The zero-order valence-electron chi connectivity index (χ0n) is 29.2. The molecule has 0 aliphatic heterocycles. The molecular formula is C41H58O4. The van der Waals surface area contributed by atoms with Crippen molar-refractivity contribution in [2.24, 2.45) is 35.5 Å². The van der Waals surface area contributed by atoms with Gasteiger partial charge in [0, 0.05) is 23.5 Å². The molecule has 4 atom stereocenters. The topological polar surface area (TPSA) is 60.4 Å². The van der Waals surface area contributed by atoms with Crippen molar-refractivity contribution >= 4 is 17.3 Å². The molecule has 4 unspecified atom stereocenters. The third-order valence-corrected chi connectivity index (χ3v) is 11.2. The number of carbonyl (C=O) groups excluding carboxylic acids is 3. The maximum atomic E-state index is 13.9. The maximum absolute atomic E-state index is 13.9. The molecule has 2 aromatic carbocycles. The Kier molecular flexibility index (Phi) is 12.6. The van der Waals surface area contributed by atoms with Gasteiger partial charge in [-0.2, -0.15) is 0 Å². The summed E-state index contributed by atoms with van der Waals surface area (Å²) in [5.74, 6) is 2.83. The molecule has 0 spiro atoms. The molecule has 0 amide bonds. The zero-order chi connectivity index (χ0) is 32.7. The number of benzene rings is 2. The van der Waals surface area contributed by atoms with Gasteiger partial charge in [0.05, 0.1) is 13.5 Å². The molecule has 4 rings (SSSR count). The number of hydrogen-bond donors (Lipinski definition) is 0. The number of rotatable bonds is 15. The lowest BCUT2D eigenvalue weighted by Gasteiger charge is -2.38. The van der Waals surface area contributed by atoms with Crippen LogP contribution in [0.3, 0.4) is 0 Å². The fourth-order valence-corrected chi connectivity index (χ4v) is 8.91. The molecule has 1 fully saturated rings. The SMILES string of the molecule is CCC(C(=O)CC(C)=O)C(CC1CC(=O)c2c(C)ccc(-c3cc(CCC4CCCCC4)ccc3OC)c2C1)C(CC)C(C)C. The monoisotopic (exact) mass is 614 g/mol. The molecule has 2 aliphatic rings. The highest BCUT2D eigenvalue weighted by atomic mass is 16.5. The molecule has 0 bridgehead atoms. The first kappa shape index (κ1) is 35.1. The Morgan fingerprint density at radius 3 is 2.27 bits per heavy atom. The van der Waals surface area contributed by atoms with E-state index < -0.39 is 0 Å². The molecule has 0 saturated heterocycles. The molecule has 0 radical (unpaired) electrons. The van der Waals surface area contributed by atoms with Crippen LogP contribution in [0.25, 0.3) is 11.1 Å². The number of ketones is 3. The van der Waals surface area contributed by atoms with Crippen LogP contribution in [0.1, 0.15) is 132 Å². The lowest BCUT2D eigenvalue weighted by molar-refractivity contribution is -0.130. The number of aryl methyl sites for hydroxylation is 2. The van der Waals surface area contributed by atoms with E-state index in [4.69, 9.17) is 4.74 Å². The summed E-state index contributed by atoms with van der Waals surface area (Å²) in [7, 11) is 1.74. The molecule has 2 aliphatic carbocycles. The number of hydrogen-bond acceptors (Lipinski definition) is 4. The standard InChI is InChI=1S/C41H58O4/c1-8-32(26(3)4)35(33(9-2)38(43)21-28(6)42)23-31-24-37-34(19-15-27(5)41(37)39(44)25-31)36-22-30(18-20-40(36)45-7)17-16-29-13-11-10-12-14-29/h15,18-20,22,26,29,31-33,35H,8-14,16-17,21,23-25H2,1-7H3. The summed E-state index contributed by atoms with van der Waals surface area (Å²) in [6, 6.07) is 10.9. The number of ether oxygens (including phenoxy) is 1. The van der Waals surface area contributed by atoms with Crippen molar-refractivity contribution in [3.63, 3.8) is 0 Å². The van der Waals surface area contributed by atoms with Crippen LogP contribution in [0, 0.1) is 42.4 Å². The largest absolute Gasteiger partial charge is 0.496 e. The van der Waals surface area contributed by atoms with Crippen molar-refractivity contribution in [1.29, 1.82) is 0 Å². The number of fused-ring (bicyclic) bond motifs is 1. The maximum Gasteiger partial charge on any atom is 0.163 e. The predicted molar refractivity (Wildman–Crippen MR) is 185 cm³/mol. The highest BCUT2D eigenvalue weighted by molar-refractivity contribution is 6.02. The minimum absolute atomic E-state index is 0.0101. The first-order valence-corrected chi connectivity index (χ1v) is 17.9. The van der Waals surface area contributed by atoms with E-state index in [2.05, 4.69) is 65.0 Å². The van der Waals surface area contributed by atoms with E-state index in [1.165, 1.54) is 51.0 Å². The summed E-state index contributed by atoms with van der Waals surface area (Å²) in [5, 5.41) is 0. The van der Waals surface area contributed by atoms with Crippen molar-refractivity contribution in [1.82, 2.24) is 0 Å². The van der Waals surface area contributed by atoms with Crippen LogP contribution in [-0.2, 0) is 22.4 Å². The summed E-state index contributed by atoms with van der Waals surface area (Å²) in [6.45, 7) is 12.4. The second-order valence-electron chi connectivity index (χ2n) is 14.6. The van der Waals surface area contributed by atoms with Crippen LogP contribution < -0.4 is 4.74 Å². The quantitative estimate of drug-likeness (QED) is 0.187. The van der Waals surface area contributed by atoms with Gasteiger partial charge < -0.3 is 4.74 Å². The van der Waals surface area contributed by atoms with Gasteiger partial charge in [-0.25, -0.2) is 0 Å². The summed E-state index contributed by atoms with van der Waals surface area (Å²) in [6.07, 6.45) is 13.0. The third-order valence-electron chi connectivity index (χ3n) is 11.2. The van der Waals surface area contributed by atoms with E-state index in [1.807, 2.05) is 0 Å². The molecule has 0 N–H and O–H groups in total. The van der Waals surface area contributed by atoms with Crippen molar-refractivity contribution in [3.8, 4) is 16.9 Å². The molecule has 246 valence electrons. The van der Waals surface area contributed by atoms with Gasteiger partial charge in [0.2, 0.25) is 0 Å². The van der Waals surface area contributed by atoms with Crippen LogP contribution in [-0.4, -0.2) is 24.5 Å². The first-order chi connectivity index (χ1) is 21.6. The predicted octanol–water partition coefficient (Wildman–Crippen LogP) is 10.2. The van der Waals surface area contributed by atoms with Crippen LogP contribution >= 0.6 is 0 Å². The molecule has 0 heterocycles. The average Bonchev–Trinajstić information content (AvgIpc) is 3.00. The summed E-state index contributed by atoms with van der Waals surface area (Å²) >= 11 is 0. The Bertz CT molecular complexity index is 1330. The van der Waals surface area contributed by atoms with E-state index in [-0.39, 0.29) is 41.5 Å². The molecular weight excluding hydrogens is 556 g/mol. The second-order valence-corrected chi connectivity index (χ2v) is 14.6. The highest BCUT2D eigenvalue weighted by Gasteiger charge is 2.38. The summed E-state index contributed by atoms with van der Waals surface area (Å²) < 4.78 is 5.92. The summed E-state index contributed by atoms with van der Waals surface area (Å²) in [4.78, 5) is 39.3. The molecule has 1 saturated carbocycles. The lowest BCUT2D eigenvalue weighted by atomic mass is 9.65. The van der Waals surface area contributed by atoms with E-state index >= 15 is 0 Å².